The Kier molecular flexibility index (Phi) is 6.27. The van der Waals surface area contributed by atoms with E-state index in [4.69, 9.17) is 0 Å². The molecule has 4 heteroatoms. The number of nitrogens with zero attached hydrogens (tertiary/aromatic N) is 2. The number of aryl methyl sites for hydroxylation is 2. The normalized spacial score (nSPS) is 11.9. The van der Waals surface area contributed by atoms with E-state index in [9.17, 15) is 0 Å². The molecule has 0 aromatic carbocycles. The zero-order valence-corrected chi connectivity index (χ0v) is 13.9. The maximum atomic E-state index is 4.64. The molecule has 1 heterocycles. The van der Waals surface area contributed by atoms with Gasteiger partial charge in [-0.05, 0) is 26.8 Å². The fraction of sp³-hybridized carbons (Fsp3) is 0.733. The highest BCUT2D eigenvalue weighted by molar-refractivity contribution is 7.99. The van der Waals surface area contributed by atoms with Crippen molar-refractivity contribution in [2.24, 2.45) is 0 Å². The van der Waals surface area contributed by atoms with Gasteiger partial charge in [0.15, 0.2) is 0 Å². The fourth-order valence-electron chi connectivity index (χ4n) is 1.80. The third kappa shape index (κ3) is 5.91. The Hall–Kier alpha value is -0.610. The summed E-state index contributed by atoms with van der Waals surface area (Å²) in [5, 5.41) is 3.42. The van der Waals surface area contributed by atoms with Crippen LogP contribution in [0.3, 0.4) is 0 Å². The lowest BCUT2D eigenvalue weighted by Gasteiger charge is -2.17. The van der Waals surface area contributed by atoms with Crippen LogP contribution in [-0.2, 0) is 12.3 Å². The molecule has 0 radical (unpaired) electrons. The minimum atomic E-state index is 0.256. The van der Waals surface area contributed by atoms with Crippen molar-refractivity contribution >= 4 is 11.8 Å². The van der Waals surface area contributed by atoms with E-state index >= 15 is 0 Å². The molecule has 0 saturated heterocycles. The van der Waals surface area contributed by atoms with Crippen molar-refractivity contribution < 1.29 is 0 Å². The van der Waals surface area contributed by atoms with Crippen LogP contribution in [0.5, 0.6) is 0 Å². The second-order valence-electron chi connectivity index (χ2n) is 5.87. The Morgan fingerprint density at radius 1 is 1.11 bits per heavy atom. The summed E-state index contributed by atoms with van der Waals surface area (Å²) in [7, 11) is 0. The van der Waals surface area contributed by atoms with Crippen LogP contribution in [-0.4, -0.2) is 21.3 Å². The molecule has 108 valence electrons. The minimum absolute atomic E-state index is 0.256. The van der Waals surface area contributed by atoms with Crippen molar-refractivity contribution in [3.05, 3.63) is 22.8 Å². The summed E-state index contributed by atoms with van der Waals surface area (Å²) >= 11 is 1.89. The second kappa shape index (κ2) is 7.25. The number of hydrogen-bond acceptors (Lipinski definition) is 4. The van der Waals surface area contributed by atoms with Gasteiger partial charge in [0.25, 0.3) is 0 Å². The quantitative estimate of drug-likeness (QED) is 0.808. The lowest BCUT2D eigenvalue weighted by atomic mass is 10.1. The lowest BCUT2D eigenvalue weighted by Crippen LogP contribution is -2.17. The Morgan fingerprint density at radius 3 is 2.16 bits per heavy atom. The van der Waals surface area contributed by atoms with E-state index in [1.807, 2.05) is 11.8 Å². The van der Waals surface area contributed by atoms with Gasteiger partial charge in [-0.2, -0.15) is 0 Å². The molecular weight excluding hydrogens is 254 g/mol. The predicted molar refractivity (Wildman–Crippen MR) is 84.6 cm³/mol. The molecule has 1 rings (SSSR count). The number of hydrogen-bond donors (Lipinski definition) is 1. The molecule has 0 aliphatic carbocycles. The monoisotopic (exact) mass is 281 g/mol. The molecule has 1 aromatic rings. The molecule has 0 aliphatic heterocycles. The largest absolute Gasteiger partial charge is 0.313 e. The van der Waals surface area contributed by atoms with E-state index in [-0.39, 0.29) is 4.75 Å². The van der Waals surface area contributed by atoms with E-state index in [0.29, 0.717) is 0 Å². The van der Waals surface area contributed by atoms with Crippen molar-refractivity contribution in [1.82, 2.24) is 15.3 Å². The summed E-state index contributed by atoms with van der Waals surface area (Å²) in [4.78, 5) is 9.29. The number of rotatable bonds is 6. The Labute approximate surface area is 122 Å². The van der Waals surface area contributed by atoms with Gasteiger partial charge in [-0.3, -0.25) is 0 Å². The first-order valence-electron chi connectivity index (χ1n) is 7.01. The van der Waals surface area contributed by atoms with Gasteiger partial charge < -0.3 is 5.32 Å². The highest BCUT2D eigenvalue weighted by Gasteiger charge is 2.13. The minimum Gasteiger partial charge on any atom is -0.313 e. The van der Waals surface area contributed by atoms with Gasteiger partial charge in [-0.25, -0.2) is 9.97 Å². The van der Waals surface area contributed by atoms with Crippen molar-refractivity contribution in [2.75, 3.05) is 6.54 Å². The first-order valence-corrected chi connectivity index (χ1v) is 7.99. The Balaban J connectivity index is 2.73. The maximum absolute atomic E-state index is 4.64. The zero-order chi connectivity index (χ0) is 14.5. The van der Waals surface area contributed by atoms with E-state index < -0.39 is 0 Å². The third-order valence-electron chi connectivity index (χ3n) is 2.83. The van der Waals surface area contributed by atoms with Crippen LogP contribution < -0.4 is 5.32 Å². The van der Waals surface area contributed by atoms with E-state index in [1.165, 1.54) is 5.56 Å². The van der Waals surface area contributed by atoms with Gasteiger partial charge in [0.05, 0.1) is 5.75 Å². The smallest absolute Gasteiger partial charge is 0.138 e. The second-order valence-corrected chi connectivity index (χ2v) is 7.67. The Bertz CT molecular complexity index is 387. The average molecular weight is 281 g/mol. The summed E-state index contributed by atoms with van der Waals surface area (Å²) in [6.45, 7) is 14.9. The summed E-state index contributed by atoms with van der Waals surface area (Å²) in [6, 6.07) is 0. The number of nitrogens with one attached hydrogen (secondary N) is 1. The lowest BCUT2D eigenvalue weighted by molar-refractivity contribution is 0.663. The molecule has 0 saturated carbocycles. The van der Waals surface area contributed by atoms with Gasteiger partial charge >= 0.3 is 0 Å². The van der Waals surface area contributed by atoms with E-state index in [1.54, 1.807) is 0 Å². The topological polar surface area (TPSA) is 37.8 Å². The average Bonchev–Trinajstić information content (AvgIpc) is 2.29. The zero-order valence-electron chi connectivity index (χ0n) is 13.1. The molecule has 0 unspecified atom stereocenters. The summed E-state index contributed by atoms with van der Waals surface area (Å²) < 4.78 is 0.256. The van der Waals surface area contributed by atoms with Gasteiger partial charge in [0.2, 0.25) is 0 Å². The van der Waals surface area contributed by atoms with E-state index in [0.717, 1.165) is 42.5 Å². The van der Waals surface area contributed by atoms with Gasteiger partial charge in [0.1, 0.15) is 5.82 Å². The van der Waals surface area contributed by atoms with Crippen LogP contribution >= 0.6 is 11.8 Å². The van der Waals surface area contributed by atoms with Crippen LogP contribution in [0, 0.1) is 13.8 Å². The van der Waals surface area contributed by atoms with Gasteiger partial charge in [-0.1, -0.05) is 27.7 Å². The molecule has 19 heavy (non-hydrogen) atoms. The van der Waals surface area contributed by atoms with E-state index in [2.05, 4.69) is 56.8 Å². The first kappa shape index (κ1) is 16.4. The number of thioether (sulfide) groups is 1. The van der Waals surface area contributed by atoms with Crippen molar-refractivity contribution in [3.8, 4) is 0 Å². The molecule has 0 aliphatic rings. The highest BCUT2D eigenvalue weighted by atomic mass is 32.2. The molecule has 3 nitrogen and oxygen atoms in total. The molecule has 1 aromatic heterocycles. The fourth-order valence-corrected chi connectivity index (χ4v) is 2.49. The van der Waals surface area contributed by atoms with Crippen LogP contribution in [0.1, 0.15) is 56.9 Å². The molecule has 0 spiro atoms. The van der Waals surface area contributed by atoms with Gasteiger partial charge in [-0.15, -0.1) is 11.8 Å². The summed E-state index contributed by atoms with van der Waals surface area (Å²) in [5.41, 5.74) is 3.47. The summed E-state index contributed by atoms with van der Waals surface area (Å²) in [5.74, 6) is 1.84. The highest BCUT2D eigenvalue weighted by Crippen LogP contribution is 2.26. The molecule has 0 amide bonds. The van der Waals surface area contributed by atoms with Crippen molar-refractivity contribution in [2.45, 2.75) is 65.0 Å². The van der Waals surface area contributed by atoms with Crippen LogP contribution in [0.4, 0.5) is 0 Å². The van der Waals surface area contributed by atoms with Gasteiger partial charge in [0, 0.05) is 28.2 Å². The molecular formula is C15H27N3S. The summed E-state index contributed by atoms with van der Waals surface area (Å²) in [6.07, 6.45) is 1.15. The molecule has 0 fully saturated rings. The van der Waals surface area contributed by atoms with Crippen LogP contribution in [0.25, 0.3) is 0 Å². The number of aromatic nitrogens is 2. The van der Waals surface area contributed by atoms with Crippen molar-refractivity contribution in [3.63, 3.8) is 0 Å². The molecule has 1 N–H and O–H groups in total. The predicted octanol–water partition coefficient (Wildman–Crippen LogP) is 3.62. The maximum Gasteiger partial charge on any atom is 0.138 e. The molecule has 0 bridgehead atoms. The Morgan fingerprint density at radius 2 is 1.68 bits per heavy atom. The van der Waals surface area contributed by atoms with Crippen molar-refractivity contribution in [1.29, 1.82) is 0 Å². The first-order chi connectivity index (χ1) is 8.83. The molecule has 0 atom stereocenters. The van der Waals surface area contributed by atoms with Crippen LogP contribution in [0.2, 0.25) is 0 Å². The van der Waals surface area contributed by atoms with Crippen LogP contribution in [0.15, 0.2) is 0 Å². The third-order valence-corrected chi connectivity index (χ3v) is 4.10. The SMILES string of the molecule is CCCNCc1c(C)nc(CSC(C)(C)C)nc1C. The standard InChI is InChI=1S/C15H27N3S/c1-7-8-16-9-13-11(2)17-14(18-12(13)3)10-19-15(4,5)6/h16H,7-10H2,1-6H3.